The zero-order valence-corrected chi connectivity index (χ0v) is 43.6. The Bertz CT molecular complexity index is 1850. The van der Waals surface area contributed by atoms with Crippen molar-refractivity contribution >= 4 is 33.4 Å². The first-order chi connectivity index (χ1) is 33.4. The molecule has 402 valence electrons. The van der Waals surface area contributed by atoms with Gasteiger partial charge in [0.05, 0.1) is 19.3 Å². The van der Waals surface area contributed by atoms with E-state index >= 15 is 0 Å². The number of rotatable bonds is 41. The van der Waals surface area contributed by atoms with Crippen molar-refractivity contribution in [2.75, 3.05) is 25.6 Å². The summed E-state index contributed by atoms with van der Waals surface area (Å²) in [5, 5.41) is 30.8. The highest BCUT2D eigenvalue weighted by molar-refractivity contribution is 7.61. The molecule has 1 fully saturated rings. The lowest BCUT2D eigenvalue weighted by molar-refractivity contribution is -0.161. The van der Waals surface area contributed by atoms with Crippen molar-refractivity contribution in [2.24, 2.45) is 5.92 Å². The number of ether oxygens (including phenoxy) is 3. The average molecular weight is 1030 g/mol. The summed E-state index contributed by atoms with van der Waals surface area (Å²) in [6, 6.07) is 1.24. The number of nitrogen functional groups attached to an aromatic ring is 1. The molecular formula is C49H85N3O16P2. The van der Waals surface area contributed by atoms with Crippen molar-refractivity contribution in [3.63, 3.8) is 0 Å². The summed E-state index contributed by atoms with van der Waals surface area (Å²) < 4.78 is 56.7. The number of anilines is 1. The van der Waals surface area contributed by atoms with Crippen molar-refractivity contribution in [1.29, 1.82) is 0 Å². The number of aromatic nitrogens is 2. The lowest BCUT2D eigenvalue weighted by Gasteiger charge is -2.21. The standard InChI is InChI=1S/C49H85N3O16P2/c1-4-5-24-30-40(53)31-26-21-17-13-11-15-19-23-28-33-45(55)66-41(36-63-44(54)32-27-22-18-14-10-8-6-7-9-12-16-20-25-29-39(2)3)37-64-69(59,60)68-70(61,62)65-38-42-46(56)47(57)48(67-42)52-35-34-43(50)51-49(52)58/h5,17,21,24,26,31,34-35,39-42,46-48,53,56-57H,4,6-16,18-20,22-23,25,27-30,32-33,36-38H2,1-3H3,(H,59,60)(H,61,62)(H2,50,51,58)/b21-17+,24-5+,31-26+/t40?,41-,42-,46-,47-,48-/m1/s1. The van der Waals surface area contributed by atoms with Gasteiger partial charge in [0.15, 0.2) is 12.3 Å². The first-order valence-corrected chi connectivity index (χ1v) is 28.5. The Kier molecular flexibility index (Phi) is 33.1. The third-order valence-electron chi connectivity index (χ3n) is 11.5. The van der Waals surface area contributed by atoms with Gasteiger partial charge in [-0.2, -0.15) is 9.29 Å². The van der Waals surface area contributed by atoms with E-state index in [0.717, 1.165) is 80.9 Å². The van der Waals surface area contributed by atoms with Crippen molar-refractivity contribution in [2.45, 2.75) is 212 Å². The van der Waals surface area contributed by atoms with Gasteiger partial charge in [0.1, 0.15) is 30.7 Å². The summed E-state index contributed by atoms with van der Waals surface area (Å²) in [5.41, 5.74) is 4.58. The molecule has 70 heavy (non-hydrogen) atoms. The quantitative estimate of drug-likeness (QED) is 0.0117. The fourth-order valence-electron chi connectivity index (χ4n) is 7.53. The van der Waals surface area contributed by atoms with Crippen molar-refractivity contribution in [1.82, 2.24) is 9.55 Å². The van der Waals surface area contributed by atoms with Gasteiger partial charge >= 0.3 is 33.3 Å². The molecule has 19 nitrogen and oxygen atoms in total. The number of hydrogen-bond acceptors (Lipinski definition) is 16. The third-order valence-corrected chi connectivity index (χ3v) is 14.1. The minimum absolute atomic E-state index is 0.00453. The molecule has 0 bridgehead atoms. The summed E-state index contributed by atoms with van der Waals surface area (Å²) in [6.45, 7) is 4.23. The molecule has 8 atom stereocenters. The van der Waals surface area contributed by atoms with Gasteiger partial charge in [0.2, 0.25) is 0 Å². The topological polar surface area (TPSA) is 286 Å². The summed E-state index contributed by atoms with van der Waals surface area (Å²) in [4.78, 5) is 61.9. The lowest BCUT2D eigenvalue weighted by Crippen LogP contribution is -2.36. The molecule has 0 spiro atoms. The highest BCUT2D eigenvalue weighted by atomic mass is 31.3. The molecule has 1 aliphatic rings. The van der Waals surface area contributed by atoms with Gasteiger partial charge in [-0.3, -0.25) is 23.2 Å². The molecule has 0 amide bonds. The molecule has 1 aromatic heterocycles. The first-order valence-electron chi connectivity index (χ1n) is 25.5. The molecule has 0 aliphatic carbocycles. The van der Waals surface area contributed by atoms with Crippen molar-refractivity contribution in [3.8, 4) is 0 Å². The highest BCUT2D eigenvalue weighted by Gasteiger charge is 2.46. The number of aliphatic hydroxyl groups is 3. The van der Waals surface area contributed by atoms with E-state index in [1.54, 1.807) is 6.08 Å². The van der Waals surface area contributed by atoms with E-state index in [1.165, 1.54) is 63.9 Å². The first kappa shape index (κ1) is 63.1. The van der Waals surface area contributed by atoms with Gasteiger partial charge in [0.25, 0.3) is 0 Å². The third kappa shape index (κ3) is 30.1. The number of unbranched alkanes of at least 4 members (excludes halogenated alkanes) is 17. The molecule has 7 N–H and O–H groups in total. The summed E-state index contributed by atoms with van der Waals surface area (Å²) >= 11 is 0. The highest BCUT2D eigenvalue weighted by Crippen LogP contribution is 2.60. The maximum Gasteiger partial charge on any atom is 0.481 e. The maximum atomic E-state index is 12.9. The number of carbonyl (C=O) groups is 2. The van der Waals surface area contributed by atoms with Crippen LogP contribution in [0.25, 0.3) is 0 Å². The number of esters is 2. The van der Waals surface area contributed by atoms with E-state index in [-0.39, 0.29) is 18.7 Å². The number of aliphatic hydroxyl groups excluding tert-OH is 3. The molecule has 0 saturated carbocycles. The normalized spacial score (nSPS) is 20.1. The van der Waals surface area contributed by atoms with E-state index in [1.807, 2.05) is 37.3 Å². The van der Waals surface area contributed by atoms with Crippen LogP contribution in [0.4, 0.5) is 5.82 Å². The van der Waals surface area contributed by atoms with Crippen LogP contribution in [-0.2, 0) is 46.3 Å². The van der Waals surface area contributed by atoms with Gasteiger partial charge in [-0.25, -0.2) is 13.9 Å². The number of phosphoric ester groups is 2. The predicted octanol–water partition coefficient (Wildman–Crippen LogP) is 9.22. The maximum absolute atomic E-state index is 12.9. The number of carbonyl (C=O) groups excluding carboxylic acids is 2. The average Bonchev–Trinajstić information content (AvgIpc) is 3.58. The van der Waals surface area contributed by atoms with Crippen LogP contribution in [0, 0.1) is 5.92 Å². The fourth-order valence-corrected chi connectivity index (χ4v) is 9.64. The molecule has 1 aliphatic heterocycles. The predicted molar refractivity (Wildman–Crippen MR) is 267 cm³/mol. The Morgan fingerprint density at radius 3 is 1.96 bits per heavy atom. The van der Waals surface area contributed by atoms with Gasteiger partial charge < -0.3 is 45.1 Å². The SMILES string of the molecule is CC/C=C/CC(O)/C=C/C=C/CCCCCCCC(=O)O[C@H](COC(=O)CCCCCCCCCCCCCCCC(C)C)COP(=O)(O)OP(=O)(O)OC[C@H]1O[C@@H](n2ccc(N)nc2=O)[C@H](O)[C@@H]1O. The van der Waals surface area contributed by atoms with Crippen LogP contribution in [0.15, 0.2) is 53.5 Å². The van der Waals surface area contributed by atoms with E-state index in [9.17, 15) is 48.6 Å². The van der Waals surface area contributed by atoms with Crippen molar-refractivity contribution < 1.29 is 71.4 Å². The van der Waals surface area contributed by atoms with Gasteiger partial charge in [-0.15, -0.1) is 0 Å². The second kappa shape index (κ2) is 36.8. The number of nitrogens with two attached hydrogens (primary N) is 1. The molecular weight excluding hydrogens is 948 g/mol. The van der Waals surface area contributed by atoms with Gasteiger partial charge in [-0.05, 0) is 50.5 Å². The van der Waals surface area contributed by atoms with E-state index in [2.05, 4.69) is 23.1 Å². The molecule has 0 aromatic carbocycles. The van der Waals surface area contributed by atoms with Crippen LogP contribution in [-0.4, -0.2) is 96.9 Å². The summed E-state index contributed by atoms with van der Waals surface area (Å²) in [6.07, 6.45) is 27.0. The Hall–Kier alpha value is -3.06. The minimum atomic E-state index is -5.44. The summed E-state index contributed by atoms with van der Waals surface area (Å²) in [5.74, 6) is -0.566. The van der Waals surface area contributed by atoms with Crippen LogP contribution in [0.3, 0.4) is 0 Å². The smallest absolute Gasteiger partial charge is 0.462 e. The lowest BCUT2D eigenvalue weighted by atomic mass is 10.0. The Morgan fingerprint density at radius 2 is 1.36 bits per heavy atom. The van der Waals surface area contributed by atoms with E-state index < -0.39 is 89.8 Å². The van der Waals surface area contributed by atoms with Crippen LogP contribution in [0.2, 0.25) is 0 Å². The number of phosphoric acid groups is 2. The van der Waals surface area contributed by atoms with Crippen LogP contribution in [0.5, 0.6) is 0 Å². The zero-order chi connectivity index (χ0) is 51.6. The second-order valence-corrected chi connectivity index (χ2v) is 21.4. The molecule has 2 heterocycles. The van der Waals surface area contributed by atoms with Gasteiger partial charge in [0, 0.05) is 19.0 Å². The molecule has 0 radical (unpaired) electrons. The van der Waals surface area contributed by atoms with E-state index in [4.69, 9.17) is 29.0 Å². The van der Waals surface area contributed by atoms with Crippen LogP contribution >= 0.6 is 15.6 Å². The van der Waals surface area contributed by atoms with E-state index in [0.29, 0.717) is 19.3 Å². The van der Waals surface area contributed by atoms with Gasteiger partial charge in [-0.1, -0.05) is 160 Å². The van der Waals surface area contributed by atoms with Crippen LogP contribution in [0.1, 0.15) is 181 Å². The molecule has 21 heteroatoms. The molecule has 1 saturated heterocycles. The Morgan fingerprint density at radius 1 is 0.786 bits per heavy atom. The largest absolute Gasteiger partial charge is 0.481 e. The minimum Gasteiger partial charge on any atom is -0.462 e. The Labute approximate surface area is 415 Å². The number of nitrogens with zero attached hydrogens (tertiary/aromatic N) is 2. The second-order valence-electron chi connectivity index (χ2n) is 18.3. The monoisotopic (exact) mass is 1030 g/mol. The van der Waals surface area contributed by atoms with Crippen molar-refractivity contribution in [3.05, 3.63) is 59.2 Å². The summed E-state index contributed by atoms with van der Waals surface area (Å²) in [7, 11) is -10.9. The van der Waals surface area contributed by atoms with Crippen LogP contribution < -0.4 is 11.4 Å². The zero-order valence-electron chi connectivity index (χ0n) is 41.8. The molecule has 3 unspecified atom stereocenters. The number of hydrogen-bond donors (Lipinski definition) is 6. The Balaban J connectivity index is 1.81. The fraction of sp³-hybridized carbons (Fsp3) is 0.755. The molecule has 1 aromatic rings. The number of allylic oxidation sites excluding steroid dienone is 4. The molecule has 2 rings (SSSR count).